The molecule has 19 heavy (non-hydrogen) atoms. The summed E-state index contributed by atoms with van der Waals surface area (Å²) in [4.78, 5) is 2.10. The van der Waals surface area contributed by atoms with Crippen LogP contribution in [0, 0.1) is 11.6 Å². The van der Waals surface area contributed by atoms with E-state index in [4.69, 9.17) is 10.5 Å². The minimum Gasteiger partial charge on any atom is -0.373 e. The largest absolute Gasteiger partial charge is 0.373 e. The summed E-state index contributed by atoms with van der Waals surface area (Å²) in [6.07, 6.45) is 0. The Morgan fingerprint density at radius 2 is 2.16 bits per heavy atom. The Balaban J connectivity index is 2.24. The Labute approximate surface area is 112 Å². The molecule has 0 amide bonds. The van der Waals surface area contributed by atoms with Crippen molar-refractivity contribution in [2.24, 2.45) is 5.73 Å². The maximum Gasteiger partial charge on any atom is 0.130 e. The SMILES string of the molecule is CC1(C)CN(C(CN)c2ccc(F)cc2F)CCO1. The zero-order chi connectivity index (χ0) is 14.0. The summed E-state index contributed by atoms with van der Waals surface area (Å²) in [5.74, 6) is -1.11. The monoisotopic (exact) mass is 270 g/mol. The number of hydrogen-bond acceptors (Lipinski definition) is 3. The van der Waals surface area contributed by atoms with Crippen molar-refractivity contribution >= 4 is 0 Å². The number of benzene rings is 1. The van der Waals surface area contributed by atoms with Crippen molar-refractivity contribution in [3.05, 3.63) is 35.4 Å². The van der Waals surface area contributed by atoms with Crippen LogP contribution in [0.25, 0.3) is 0 Å². The minimum atomic E-state index is -0.570. The van der Waals surface area contributed by atoms with Crippen molar-refractivity contribution in [2.75, 3.05) is 26.2 Å². The molecule has 3 nitrogen and oxygen atoms in total. The van der Waals surface area contributed by atoms with E-state index in [0.29, 0.717) is 31.8 Å². The second-order valence-corrected chi connectivity index (χ2v) is 5.50. The highest BCUT2D eigenvalue weighted by Gasteiger charge is 2.32. The Bertz CT molecular complexity index is 451. The molecule has 0 saturated carbocycles. The van der Waals surface area contributed by atoms with Gasteiger partial charge in [0.15, 0.2) is 0 Å². The molecule has 1 unspecified atom stereocenters. The van der Waals surface area contributed by atoms with E-state index < -0.39 is 11.6 Å². The van der Waals surface area contributed by atoms with E-state index in [9.17, 15) is 8.78 Å². The number of nitrogens with zero attached hydrogens (tertiary/aromatic N) is 1. The first-order valence-electron chi connectivity index (χ1n) is 6.46. The summed E-state index contributed by atoms with van der Waals surface area (Å²) in [7, 11) is 0. The predicted octanol–water partition coefficient (Wildman–Crippen LogP) is 2.08. The smallest absolute Gasteiger partial charge is 0.130 e. The molecule has 0 aliphatic carbocycles. The van der Waals surface area contributed by atoms with Crippen molar-refractivity contribution in [3.8, 4) is 0 Å². The van der Waals surface area contributed by atoms with Crippen LogP contribution in [-0.2, 0) is 4.74 Å². The Hall–Kier alpha value is -1.04. The van der Waals surface area contributed by atoms with E-state index >= 15 is 0 Å². The first kappa shape index (κ1) is 14.4. The van der Waals surface area contributed by atoms with Crippen LogP contribution in [0.15, 0.2) is 18.2 Å². The normalized spacial score (nSPS) is 21.3. The van der Waals surface area contributed by atoms with E-state index in [1.807, 2.05) is 13.8 Å². The first-order valence-corrected chi connectivity index (χ1v) is 6.46. The molecule has 2 rings (SSSR count). The van der Waals surface area contributed by atoms with Gasteiger partial charge in [-0.25, -0.2) is 8.78 Å². The summed E-state index contributed by atoms with van der Waals surface area (Å²) in [6.45, 7) is 6.24. The van der Waals surface area contributed by atoms with Crippen LogP contribution in [-0.4, -0.2) is 36.7 Å². The van der Waals surface area contributed by atoms with Crippen molar-refractivity contribution in [1.82, 2.24) is 4.90 Å². The van der Waals surface area contributed by atoms with Crippen LogP contribution in [0.3, 0.4) is 0 Å². The third kappa shape index (κ3) is 3.29. The molecule has 1 atom stereocenters. The lowest BCUT2D eigenvalue weighted by Gasteiger charge is -2.42. The minimum absolute atomic E-state index is 0.247. The number of morpholine rings is 1. The second-order valence-electron chi connectivity index (χ2n) is 5.50. The van der Waals surface area contributed by atoms with Gasteiger partial charge in [-0.05, 0) is 19.9 Å². The van der Waals surface area contributed by atoms with E-state index in [0.717, 1.165) is 6.07 Å². The lowest BCUT2D eigenvalue weighted by Crippen LogP contribution is -2.50. The fourth-order valence-electron chi connectivity index (χ4n) is 2.56. The summed E-state index contributed by atoms with van der Waals surface area (Å²) in [5, 5.41) is 0. The average Bonchev–Trinajstić information content (AvgIpc) is 2.31. The van der Waals surface area contributed by atoms with Crippen molar-refractivity contribution < 1.29 is 13.5 Å². The van der Waals surface area contributed by atoms with Gasteiger partial charge in [-0.2, -0.15) is 0 Å². The lowest BCUT2D eigenvalue weighted by molar-refractivity contribution is -0.0970. The molecule has 1 aromatic carbocycles. The molecule has 2 N–H and O–H groups in total. The van der Waals surface area contributed by atoms with Crippen molar-refractivity contribution in [2.45, 2.75) is 25.5 Å². The standard InChI is InChI=1S/C14H20F2N2O/c1-14(2)9-18(5-6-19-14)13(8-17)11-4-3-10(15)7-12(11)16/h3-4,7,13H,5-6,8-9,17H2,1-2H3. The third-order valence-corrected chi connectivity index (χ3v) is 3.44. The third-order valence-electron chi connectivity index (χ3n) is 3.44. The molecule has 106 valence electrons. The van der Waals surface area contributed by atoms with E-state index in [-0.39, 0.29) is 11.6 Å². The van der Waals surface area contributed by atoms with Gasteiger partial charge in [0, 0.05) is 31.3 Å². The van der Waals surface area contributed by atoms with Crippen molar-refractivity contribution in [3.63, 3.8) is 0 Å². The van der Waals surface area contributed by atoms with Crippen LogP contribution < -0.4 is 5.73 Å². The second kappa shape index (κ2) is 5.53. The summed E-state index contributed by atoms with van der Waals surface area (Å²) < 4.78 is 32.5. The molecule has 0 aromatic heterocycles. The predicted molar refractivity (Wildman–Crippen MR) is 69.8 cm³/mol. The quantitative estimate of drug-likeness (QED) is 0.914. The number of hydrogen-bond donors (Lipinski definition) is 1. The topological polar surface area (TPSA) is 38.5 Å². The highest BCUT2D eigenvalue weighted by molar-refractivity contribution is 5.23. The van der Waals surface area contributed by atoms with Gasteiger partial charge in [-0.3, -0.25) is 4.90 Å². The average molecular weight is 270 g/mol. The number of halogens is 2. The van der Waals surface area contributed by atoms with Gasteiger partial charge in [0.25, 0.3) is 0 Å². The molecule has 1 aliphatic heterocycles. The molecule has 1 fully saturated rings. The molecular weight excluding hydrogens is 250 g/mol. The molecule has 1 saturated heterocycles. The van der Waals surface area contributed by atoms with Gasteiger partial charge in [-0.1, -0.05) is 6.07 Å². The van der Waals surface area contributed by atoms with Gasteiger partial charge < -0.3 is 10.5 Å². The van der Waals surface area contributed by atoms with Crippen LogP contribution in [0.1, 0.15) is 25.5 Å². The zero-order valence-electron chi connectivity index (χ0n) is 11.3. The number of nitrogens with two attached hydrogens (primary N) is 1. The van der Waals surface area contributed by atoms with Crippen LogP contribution in [0.4, 0.5) is 8.78 Å². The van der Waals surface area contributed by atoms with E-state index in [2.05, 4.69) is 4.90 Å². The highest BCUT2D eigenvalue weighted by atomic mass is 19.1. The molecule has 1 aliphatic rings. The van der Waals surface area contributed by atoms with Gasteiger partial charge >= 0.3 is 0 Å². The van der Waals surface area contributed by atoms with Gasteiger partial charge in [0.05, 0.1) is 18.2 Å². The summed E-state index contributed by atoms with van der Waals surface area (Å²) >= 11 is 0. The molecule has 0 spiro atoms. The van der Waals surface area contributed by atoms with Crippen LogP contribution in [0.5, 0.6) is 0 Å². The number of ether oxygens (including phenoxy) is 1. The fraction of sp³-hybridized carbons (Fsp3) is 0.571. The Morgan fingerprint density at radius 3 is 2.74 bits per heavy atom. The maximum atomic E-state index is 13.9. The van der Waals surface area contributed by atoms with Gasteiger partial charge in [-0.15, -0.1) is 0 Å². The Morgan fingerprint density at radius 1 is 1.42 bits per heavy atom. The lowest BCUT2D eigenvalue weighted by atomic mass is 10.0. The molecule has 1 aromatic rings. The van der Waals surface area contributed by atoms with E-state index in [1.54, 1.807) is 0 Å². The first-order chi connectivity index (χ1) is 8.93. The molecular formula is C14H20F2N2O. The fourth-order valence-corrected chi connectivity index (χ4v) is 2.56. The van der Waals surface area contributed by atoms with Crippen LogP contribution >= 0.6 is 0 Å². The van der Waals surface area contributed by atoms with E-state index in [1.165, 1.54) is 12.1 Å². The zero-order valence-corrected chi connectivity index (χ0v) is 11.3. The summed E-state index contributed by atoms with van der Waals surface area (Å²) in [5.41, 5.74) is 5.96. The Kier molecular flexibility index (Phi) is 4.18. The maximum absolute atomic E-state index is 13.9. The molecule has 0 bridgehead atoms. The molecule has 0 radical (unpaired) electrons. The van der Waals surface area contributed by atoms with Gasteiger partial charge in [0.2, 0.25) is 0 Å². The van der Waals surface area contributed by atoms with Gasteiger partial charge in [0.1, 0.15) is 11.6 Å². The number of rotatable bonds is 3. The van der Waals surface area contributed by atoms with Crippen molar-refractivity contribution in [1.29, 1.82) is 0 Å². The summed E-state index contributed by atoms with van der Waals surface area (Å²) in [6, 6.07) is 3.41. The molecule has 1 heterocycles. The van der Waals surface area contributed by atoms with Crippen LogP contribution in [0.2, 0.25) is 0 Å². The molecule has 5 heteroatoms. The highest BCUT2D eigenvalue weighted by Crippen LogP contribution is 2.27.